The minimum atomic E-state index is -0.281. The number of carbonyl (C=O) groups excluding carboxylic acids is 2. The van der Waals surface area contributed by atoms with E-state index in [1.54, 1.807) is 0 Å². The maximum absolute atomic E-state index is 12.9. The summed E-state index contributed by atoms with van der Waals surface area (Å²) in [5.41, 5.74) is 5.80. The lowest BCUT2D eigenvalue weighted by Crippen LogP contribution is -2.33. The number of carbonyl (C=O) groups is 2. The average Bonchev–Trinajstić information content (AvgIpc) is 3.30. The number of aryl methyl sites for hydroxylation is 2. The maximum atomic E-state index is 12.9. The molecule has 5 nitrogen and oxygen atoms in total. The SMILES string of the molecule is Cc1cc(C)cc(NC(=O)Nc2ccc3c(c2)N(C(=O)C2CCCC2)CC3)c1. The van der Waals surface area contributed by atoms with Crippen LogP contribution in [0, 0.1) is 19.8 Å². The van der Waals surface area contributed by atoms with Crippen LogP contribution in [0.15, 0.2) is 36.4 Å². The molecular weight excluding hydrogens is 350 g/mol. The van der Waals surface area contributed by atoms with Crippen LogP contribution in [0.3, 0.4) is 0 Å². The van der Waals surface area contributed by atoms with Crippen molar-refractivity contribution in [1.29, 1.82) is 0 Å². The van der Waals surface area contributed by atoms with Crippen LogP contribution in [0.5, 0.6) is 0 Å². The first-order valence-corrected chi connectivity index (χ1v) is 10.1. The highest BCUT2D eigenvalue weighted by Gasteiger charge is 2.31. The summed E-state index contributed by atoms with van der Waals surface area (Å²) in [4.78, 5) is 27.2. The quantitative estimate of drug-likeness (QED) is 0.788. The molecule has 0 radical (unpaired) electrons. The highest BCUT2D eigenvalue weighted by Crippen LogP contribution is 2.35. The molecule has 146 valence electrons. The van der Waals surface area contributed by atoms with Gasteiger partial charge in [0.25, 0.3) is 0 Å². The molecule has 2 aromatic rings. The molecule has 1 aliphatic carbocycles. The number of hydrogen-bond donors (Lipinski definition) is 2. The van der Waals surface area contributed by atoms with E-state index in [-0.39, 0.29) is 17.9 Å². The summed E-state index contributed by atoms with van der Waals surface area (Å²) in [7, 11) is 0. The monoisotopic (exact) mass is 377 g/mol. The number of amides is 3. The van der Waals surface area contributed by atoms with Gasteiger partial charge in [0.2, 0.25) is 5.91 Å². The zero-order valence-electron chi connectivity index (χ0n) is 16.5. The molecule has 0 saturated heterocycles. The zero-order valence-corrected chi connectivity index (χ0v) is 16.5. The molecule has 1 heterocycles. The third-order valence-electron chi connectivity index (χ3n) is 5.69. The van der Waals surface area contributed by atoms with E-state index < -0.39 is 0 Å². The smallest absolute Gasteiger partial charge is 0.312 e. The Labute approximate surface area is 166 Å². The van der Waals surface area contributed by atoms with Gasteiger partial charge in [0.15, 0.2) is 0 Å². The molecule has 2 N–H and O–H groups in total. The van der Waals surface area contributed by atoms with E-state index in [0.717, 1.165) is 61.2 Å². The molecular formula is C23H27N3O2. The van der Waals surface area contributed by atoms with Crippen molar-refractivity contribution in [2.24, 2.45) is 5.92 Å². The van der Waals surface area contributed by atoms with Crippen LogP contribution in [-0.2, 0) is 11.2 Å². The average molecular weight is 377 g/mol. The molecule has 0 bridgehead atoms. The first-order valence-electron chi connectivity index (χ1n) is 10.1. The van der Waals surface area contributed by atoms with Gasteiger partial charge in [0.1, 0.15) is 0 Å². The number of rotatable bonds is 3. The fourth-order valence-corrected chi connectivity index (χ4v) is 4.42. The van der Waals surface area contributed by atoms with Crippen LogP contribution < -0.4 is 15.5 Å². The topological polar surface area (TPSA) is 61.4 Å². The van der Waals surface area contributed by atoms with Gasteiger partial charge in [-0.1, -0.05) is 25.0 Å². The molecule has 5 heteroatoms. The van der Waals surface area contributed by atoms with Crippen molar-refractivity contribution in [2.75, 3.05) is 22.1 Å². The molecule has 1 fully saturated rings. The predicted octanol–water partition coefficient (Wildman–Crippen LogP) is 5.03. The summed E-state index contributed by atoms with van der Waals surface area (Å²) in [5, 5.41) is 5.79. The summed E-state index contributed by atoms with van der Waals surface area (Å²) in [6.45, 7) is 4.75. The number of nitrogens with one attached hydrogen (secondary N) is 2. The van der Waals surface area contributed by atoms with Crippen LogP contribution in [0.25, 0.3) is 0 Å². The molecule has 1 saturated carbocycles. The summed E-state index contributed by atoms with van der Waals surface area (Å²) in [6.07, 6.45) is 5.18. The summed E-state index contributed by atoms with van der Waals surface area (Å²) >= 11 is 0. The van der Waals surface area contributed by atoms with Crippen molar-refractivity contribution in [1.82, 2.24) is 0 Å². The van der Waals surface area contributed by atoms with Crippen molar-refractivity contribution >= 4 is 29.0 Å². The van der Waals surface area contributed by atoms with Gasteiger partial charge in [0.05, 0.1) is 0 Å². The number of benzene rings is 2. The molecule has 2 aromatic carbocycles. The Bertz CT molecular complexity index is 896. The number of nitrogens with zero attached hydrogens (tertiary/aromatic N) is 1. The summed E-state index contributed by atoms with van der Waals surface area (Å²) < 4.78 is 0. The van der Waals surface area contributed by atoms with E-state index in [2.05, 4.69) is 16.7 Å². The number of urea groups is 1. The van der Waals surface area contributed by atoms with Crippen LogP contribution in [0.4, 0.5) is 21.9 Å². The Kier molecular flexibility index (Phi) is 5.07. The van der Waals surface area contributed by atoms with Gasteiger partial charge >= 0.3 is 6.03 Å². The molecule has 0 atom stereocenters. The van der Waals surface area contributed by atoms with Gasteiger partial charge in [-0.3, -0.25) is 4.79 Å². The first kappa shape index (κ1) is 18.5. The predicted molar refractivity (Wildman–Crippen MR) is 113 cm³/mol. The van der Waals surface area contributed by atoms with E-state index in [1.165, 1.54) is 5.56 Å². The Balaban J connectivity index is 1.47. The van der Waals surface area contributed by atoms with E-state index in [1.807, 2.05) is 49.1 Å². The molecule has 28 heavy (non-hydrogen) atoms. The van der Waals surface area contributed by atoms with Crippen molar-refractivity contribution < 1.29 is 9.59 Å². The van der Waals surface area contributed by atoms with Crippen LogP contribution in [0.1, 0.15) is 42.4 Å². The molecule has 0 unspecified atom stereocenters. The van der Waals surface area contributed by atoms with Gasteiger partial charge in [-0.15, -0.1) is 0 Å². The largest absolute Gasteiger partial charge is 0.323 e. The van der Waals surface area contributed by atoms with Crippen molar-refractivity contribution in [3.05, 3.63) is 53.1 Å². The van der Waals surface area contributed by atoms with Crippen molar-refractivity contribution in [3.8, 4) is 0 Å². The number of anilines is 3. The molecule has 0 aromatic heterocycles. The Morgan fingerprint density at radius 2 is 1.61 bits per heavy atom. The second kappa shape index (κ2) is 7.66. The molecule has 4 rings (SSSR count). The standard InChI is InChI=1S/C23H27N3O2/c1-15-11-16(2)13-20(12-15)25-23(28)24-19-8-7-17-9-10-26(21(17)14-19)22(27)18-5-3-4-6-18/h7-8,11-14,18H,3-6,9-10H2,1-2H3,(H2,24,25,28). The van der Waals surface area contributed by atoms with E-state index in [4.69, 9.17) is 0 Å². The normalized spacial score (nSPS) is 16.1. The second-order valence-corrected chi connectivity index (χ2v) is 8.02. The summed E-state index contributed by atoms with van der Waals surface area (Å²) in [6, 6.07) is 11.5. The van der Waals surface area contributed by atoms with Crippen LogP contribution in [0.2, 0.25) is 0 Å². The fourth-order valence-electron chi connectivity index (χ4n) is 4.42. The minimum Gasteiger partial charge on any atom is -0.312 e. The van der Waals surface area contributed by atoms with Gasteiger partial charge in [-0.2, -0.15) is 0 Å². The van der Waals surface area contributed by atoms with Gasteiger partial charge in [0, 0.05) is 29.5 Å². The third-order valence-corrected chi connectivity index (χ3v) is 5.69. The lowest BCUT2D eigenvalue weighted by atomic mass is 10.1. The van der Waals surface area contributed by atoms with E-state index in [9.17, 15) is 9.59 Å². The van der Waals surface area contributed by atoms with Gasteiger partial charge in [-0.25, -0.2) is 4.79 Å². The van der Waals surface area contributed by atoms with Crippen LogP contribution >= 0.6 is 0 Å². The highest BCUT2D eigenvalue weighted by molar-refractivity contribution is 6.02. The molecule has 0 spiro atoms. The van der Waals surface area contributed by atoms with Crippen molar-refractivity contribution in [2.45, 2.75) is 46.0 Å². The Morgan fingerprint density at radius 1 is 0.929 bits per heavy atom. The second-order valence-electron chi connectivity index (χ2n) is 8.02. The maximum Gasteiger partial charge on any atom is 0.323 e. The Hall–Kier alpha value is -2.82. The van der Waals surface area contributed by atoms with E-state index in [0.29, 0.717) is 5.69 Å². The highest BCUT2D eigenvalue weighted by atomic mass is 16.2. The minimum absolute atomic E-state index is 0.162. The van der Waals surface area contributed by atoms with Crippen LogP contribution in [-0.4, -0.2) is 18.5 Å². The molecule has 1 aliphatic heterocycles. The van der Waals surface area contributed by atoms with Gasteiger partial charge in [-0.05, 0) is 74.1 Å². The zero-order chi connectivity index (χ0) is 19.7. The van der Waals surface area contributed by atoms with E-state index >= 15 is 0 Å². The fraction of sp³-hybridized carbons (Fsp3) is 0.391. The van der Waals surface area contributed by atoms with Gasteiger partial charge < -0.3 is 15.5 Å². The Morgan fingerprint density at radius 3 is 2.32 bits per heavy atom. The third kappa shape index (κ3) is 3.88. The molecule has 2 aliphatic rings. The molecule has 3 amide bonds. The lowest BCUT2D eigenvalue weighted by molar-refractivity contribution is -0.122. The first-order chi connectivity index (χ1) is 13.5. The van der Waals surface area contributed by atoms with Crippen molar-refractivity contribution in [3.63, 3.8) is 0 Å². The summed E-state index contributed by atoms with van der Waals surface area (Å²) in [5.74, 6) is 0.406. The number of hydrogen-bond acceptors (Lipinski definition) is 2. The lowest BCUT2D eigenvalue weighted by Gasteiger charge is -2.21. The number of fused-ring (bicyclic) bond motifs is 1.